The number of rotatable bonds is 2. The van der Waals surface area contributed by atoms with Crippen molar-refractivity contribution in [3.05, 3.63) is 24.3 Å². The number of anilines is 1. The van der Waals surface area contributed by atoms with Gasteiger partial charge in [0.15, 0.2) is 0 Å². The highest BCUT2D eigenvalue weighted by atomic mass is 32.2. The molecular formula is C14H20N2O2S. The van der Waals surface area contributed by atoms with E-state index in [9.17, 15) is 8.42 Å². The van der Waals surface area contributed by atoms with Crippen LogP contribution in [0.25, 0.3) is 0 Å². The summed E-state index contributed by atoms with van der Waals surface area (Å²) in [4.78, 5) is 0.370. The first-order valence-electron chi connectivity index (χ1n) is 6.96. The third kappa shape index (κ3) is 2.25. The Kier molecular flexibility index (Phi) is 3.27. The van der Waals surface area contributed by atoms with Gasteiger partial charge in [-0.25, -0.2) is 8.42 Å². The molecule has 2 aliphatic rings. The number of nitrogens with two attached hydrogens (primary N) is 1. The SMILES string of the molecule is Nc1ccc(S(=O)(=O)N2CCCC3CCCC32)cc1. The first-order chi connectivity index (χ1) is 9.09. The highest BCUT2D eigenvalue weighted by Gasteiger charge is 2.41. The molecule has 0 amide bonds. The van der Waals surface area contributed by atoms with Gasteiger partial charge in [0.25, 0.3) is 0 Å². The van der Waals surface area contributed by atoms with Crippen LogP contribution in [0.4, 0.5) is 5.69 Å². The molecule has 0 bridgehead atoms. The van der Waals surface area contributed by atoms with Crippen molar-refractivity contribution in [1.29, 1.82) is 0 Å². The van der Waals surface area contributed by atoms with Gasteiger partial charge in [0, 0.05) is 18.3 Å². The Bertz CT molecular complexity index is 553. The molecular weight excluding hydrogens is 260 g/mol. The molecule has 0 aromatic heterocycles. The molecule has 4 nitrogen and oxygen atoms in total. The minimum Gasteiger partial charge on any atom is -0.399 e. The topological polar surface area (TPSA) is 63.4 Å². The molecule has 1 aromatic carbocycles. The molecule has 1 aliphatic heterocycles. The number of nitrogens with zero attached hydrogens (tertiary/aromatic N) is 1. The van der Waals surface area contributed by atoms with Crippen molar-refractivity contribution in [2.24, 2.45) is 5.92 Å². The van der Waals surface area contributed by atoms with E-state index in [0.29, 0.717) is 23.0 Å². The second kappa shape index (κ2) is 4.80. The van der Waals surface area contributed by atoms with Crippen LogP contribution in [-0.4, -0.2) is 25.3 Å². The molecule has 2 N–H and O–H groups in total. The maximum absolute atomic E-state index is 12.7. The van der Waals surface area contributed by atoms with Gasteiger partial charge in [0.1, 0.15) is 0 Å². The molecule has 0 radical (unpaired) electrons. The predicted molar refractivity (Wildman–Crippen MR) is 75.1 cm³/mol. The molecule has 1 aromatic rings. The van der Waals surface area contributed by atoms with Crippen molar-refractivity contribution >= 4 is 15.7 Å². The van der Waals surface area contributed by atoms with Gasteiger partial charge in [0.05, 0.1) is 4.90 Å². The highest BCUT2D eigenvalue weighted by Crippen LogP contribution is 2.39. The molecule has 2 atom stereocenters. The molecule has 1 saturated heterocycles. The number of hydrogen-bond acceptors (Lipinski definition) is 3. The fourth-order valence-corrected chi connectivity index (χ4v) is 5.24. The largest absolute Gasteiger partial charge is 0.399 e. The van der Waals surface area contributed by atoms with Crippen LogP contribution in [0, 0.1) is 5.92 Å². The molecule has 104 valence electrons. The van der Waals surface area contributed by atoms with Gasteiger partial charge in [-0.3, -0.25) is 0 Å². The minimum absolute atomic E-state index is 0.219. The third-order valence-electron chi connectivity index (χ3n) is 4.43. The standard InChI is InChI=1S/C14H20N2O2S/c15-12-6-8-13(9-7-12)19(17,18)16-10-2-4-11-3-1-5-14(11)16/h6-9,11,14H,1-5,10,15H2. The molecule has 3 rings (SSSR count). The lowest BCUT2D eigenvalue weighted by Gasteiger charge is -2.36. The zero-order chi connectivity index (χ0) is 13.5. The van der Waals surface area contributed by atoms with Crippen LogP contribution < -0.4 is 5.73 Å². The van der Waals surface area contributed by atoms with Gasteiger partial charge in [0.2, 0.25) is 10.0 Å². The van der Waals surface area contributed by atoms with Gasteiger partial charge in [-0.15, -0.1) is 0 Å². The van der Waals surface area contributed by atoms with Gasteiger partial charge in [-0.1, -0.05) is 6.42 Å². The molecule has 0 spiro atoms. The van der Waals surface area contributed by atoms with Crippen LogP contribution in [0.5, 0.6) is 0 Å². The highest BCUT2D eigenvalue weighted by molar-refractivity contribution is 7.89. The Labute approximate surface area is 114 Å². The van der Waals surface area contributed by atoms with E-state index in [1.807, 2.05) is 0 Å². The van der Waals surface area contributed by atoms with Crippen LogP contribution in [0.1, 0.15) is 32.1 Å². The average Bonchev–Trinajstić information content (AvgIpc) is 2.87. The summed E-state index contributed by atoms with van der Waals surface area (Å²) in [5.41, 5.74) is 6.22. The lowest BCUT2D eigenvalue weighted by Crippen LogP contribution is -2.46. The Morgan fingerprint density at radius 2 is 1.74 bits per heavy atom. The molecule has 1 aliphatic carbocycles. The second-order valence-corrected chi connectivity index (χ2v) is 7.48. The number of fused-ring (bicyclic) bond motifs is 1. The van der Waals surface area contributed by atoms with Crippen molar-refractivity contribution in [3.63, 3.8) is 0 Å². The van der Waals surface area contributed by atoms with Gasteiger partial charge in [-0.05, 0) is 55.9 Å². The van der Waals surface area contributed by atoms with Crippen molar-refractivity contribution in [3.8, 4) is 0 Å². The third-order valence-corrected chi connectivity index (χ3v) is 6.37. The molecule has 1 heterocycles. The number of benzene rings is 1. The number of nitrogen functional groups attached to an aromatic ring is 1. The van der Waals surface area contributed by atoms with Crippen LogP contribution in [0.2, 0.25) is 0 Å². The summed E-state index contributed by atoms with van der Waals surface area (Å²) in [7, 11) is -3.36. The van der Waals surface area contributed by atoms with Gasteiger partial charge in [-0.2, -0.15) is 4.31 Å². The number of sulfonamides is 1. The Balaban J connectivity index is 1.93. The molecule has 1 saturated carbocycles. The van der Waals surface area contributed by atoms with Crippen LogP contribution in [0.15, 0.2) is 29.2 Å². The molecule has 2 unspecified atom stereocenters. The van der Waals surface area contributed by atoms with Crippen LogP contribution in [0.3, 0.4) is 0 Å². The molecule has 2 fully saturated rings. The van der Waals surface area contributed by atoms with E-state index in [4.69, 9.17) is 5.73 Å². The summed E-state index contributed by atoms with van der Waals surface area (Å²) in [6.45, 7) is 0.661. The average molecular weight is 280 g/mol. The van der Waals surface area contributed by atoms with Gasteiger partial charge >= 0.3 is 0 Å². The van der Waals surface area contributed by atoms with Crippen molar-refractivity contribution in [1.82, 2.24) is 4.31 Å². The zero-order valence-corrected chi connectivity index (χ0v) is 11.8. The smallest absolute Gasteiger partial charge is 0.243 e. The first kappa shape index (κ1) is 12.9. The van der Waals surface area contributed by atoms with E-state index in [1.165, 1.54) is 12.8 Å². The summed E-state index contributed by atoms with van der Waals surface area (Å²) in [6, 6.07) is 6.76. The zero-order valence-electron chi connectivity index (χ0n) is 11.0. The number of hydrogen-bond donors (Lipinski definition) is 1. The predicted octanol–water partition coefficient (Wildman–Crippen LogP) is 2.22. The quantitative estimate of drug-likeness (QED) is 0.845. The number of piperidine rings is 1. The lowest BCUT2D eigenvalue weighted by atomic mass is 9.94. The summed E-state index contributed by atoms with van der Waals surface area (Å²) in [5, 5.41) is 0. The van der Waals surface area contributed by atoms with E-state index in [-0.39, 0.29) is 6.04 Å². The van der Waals surface area contributed by atoms with E-state index >= 15 is 0 Å². The monoisotopic (exact) mass is 280 g/mol. The Morgan fingerprint density at radius 3 is 2.47 bits per heavy atom. The van der Waals surface area contributed by atoms with Gasteiger partial charge < -0.3 is 5.73 Å². The van der Waals surface area contributed by atoms with Crippen molar-refractivity contribution < 1.29 is 8.42 Å². The fraction of sp³-hybridized carbons (Fsp3) is 0.571. The van der Waals surface area contributed by atoms with Crippen molar-refractivity contribution in [2.45, 2.75) is 43.0 Å². The normalized spacial score (nSPS) is 28.2. The fourth-order valence-electron chi connectivity index (χ4n) is 3.48. The maximum Gasteiger partial charge on any atom is 0.243 e. The molecule has 5 heteroatoms. The van der Waals surface area contributed by atoms with Crippen molar-refractivity contribution in [2.75, 3.05) is 12.3 Å². The first-order valence-corrected chi connectivity index (χ1v) is 8.40. The van der Waals surface area contributed by atoms with E-state index in [1.54, 1.807) is 28.6 Å². The minimum atomic E-state index is -3.36. The van der Waals surface area contributed by atoms with E-state index < -0.39 is 10.0 Å². The van der Waals surface area contributed by atoms with E-state index in [0.717, 1.165) is 19.3 Å². The Hall–Kier alpha value is -1.07. The van der Waals surface area contributed by atoms with Crippen LogP contribution >= 0.6 is 0 Å². The summed E-state index contributed by atoms with van der Waals surface area (Å²) >= 11 is 0. The summed E-state index contributed by atoms with van der Waals surface area (Å²) < 4.78 is 27.2. The Morgan fingerprint density at radius 1 is 1.05 bits per heavy atom. The van der Waals surface area contributed by atoms with Crippen LogP contribution in [-0.2, 0) is 10.0 Å². The summed E-state index contributed by atoms with van der Waals surface area (Å²) in [6.07, 6.45) is 5.51. The maximum atomic E-state index is 12.7. The second-order valence-electron chi connectivity index (χ2n) is 5.59. The van der Waals surface area contributed by atoms with E-state index in [2.05, 4.69) is 0 Å². The molecule has 19 heavy (non-hydrogen) atoms. The summed E-state index contributed by atoms with van der Waals surface area (Å²) in [5.74, 6) is 0.567. The lowest BCUT2D eigenvalue weighted by molar-refractivity contribution is 0.202.